The molecular weight excluding hydrogens is 286 g/mol. The van der Waals surface area contributed by atoms with Gasteiger partial charge in [-0.1, -0.05) is 18.2 Å². The van der Waals surface area contributed by atoms with E-state index in [0.717, 1.165) is 11.3 Å². The lowest BCUT2D eigenvalue weighted by molar-refractivity contribution is 0.485. The van der Waals surface area contributed by atoms with Gasteiger partial charge in [-0.2, -0.15) is 0 Å². The van der Waals surface area contributed by atoms with Gasteiger partial charge in [-0.25, -0.2) is 13.6 Å². The van der Waals surface area contributed by atoms with Crippen molar-refractivity contribution in [3.05, 3.63) is 59.9 Å². The van der Waals surface area contributed by atoms with E-state index < -0.39 is 10.0 Å². The van der Waals surface area contributed by atoms with Gasteiger partial charge in [0, 0.05) is 18.3 Å². The van der Waals surface area contributed by atoms with Crippen LogP contribution in [0.4, 0.5) is 0 Å². The Balaban J connectivity index is 2.16. The molecule has 0 fully saturated rings. The SMILES string of the molecule is CC(N[C@@H](C)c1ccccn1)c1cccc(S(N)(=O)=O)c1. The van der Waals surface area contributed by atoms with Crippen LogP contribution >= 0.6 is 0 Å². The smallest absolute Gasteiger partial charge is 0.238 e. The van der Waals surface area contributed by atoms with Crippen molar-refractivity contribution in [2.75, 3.05) is 0 Å². The second kappa shape index (κ2) is 6.34. The summed E-state index contributed by atoms with van der Waals surface area (Å²) in [6.07, 6.45) is 1.75. The van der Waals surface area contributed by atoms with Gasteiger partial charge in [-0.15, -0.1) is 0 Å². The summed E-state index contributed by atoms with van der Waals surface area (Å²) in [5, 5.41) is 8.55. The molecule has 0 saturated carbocycles. The standard InChI is InChI=1S/C15H19N3O2S/c1-11(18-12(2)15-8-3-4-9-17-15)13-6-5-7-14(10-13)21(16,19)20/h3-12,18H,1-2H3,(H2,16,19,20)/t11?,12-/m0/s1. The zero-order chi connectivity index (χ0) is 15.5. The van der Waals surface area contributed by atoms with E-state index in [1.165, 1.54) is 6.07 Å². The number of rotatable bonds is 5. The Labute approximate surface area is 125 Å². The molecule has 6 heteroatoms. The Kier molecular flexibility index (Phi) is 4.72. The molecule has 1 aromatic carbocycles. The molecule has 1 unspecified atom stereocenters. The fourth-order valence-corrected chi connectivity index (χ4v) is 2.72. The molecule has 0 spiro atoms. The van der Waals surface area contributed by atoms with Crippen LogP contribution in [0.3, 0.4) is 0 Å². The van der Waals surface area contributed by atoms with Crippen molar-refractivity contribution in [2.45, 2.75) is 30.8 Å². The molecule has 1 heterocycles. The first-order valence-electron chi connectivity index (χ1n) is 6.67. The van der Waals surface area contributed by atoms with Crippen molar-refractivity contribution < 1.29 is 8.42 Å². The Bertz CT molecular complexity index is 702. The molecule has 0 amide bonds. The van der Waals surface area contributed by atoms with Gasteiger partial charge in [-0.3, -0.25) is 4.98 Å². The van der Waals surface area contributed by atoms with Gasteiger partial charge in [0.1, 0.15) is 0 Å². The molecule has 2 aromatic rings. The van der Waals surface area contributed by atoms with Crippen molar-refractivity contribution in [1.82, 2.24) is 10.3 Å². The van der Waals surface area contributed by atoms with Gasteiger partial charge in [0.25, 0.3) is 0 Å². The molecule has 112 valence electrons. The van der Waals surface area contributed by atoms with E-state index in [0.29, 0.717) is 0 Å². The topological polar surface area (TPSA) is 85.1 Å². The van der Waals surface area contributed by atoms with Gasteiger partial charge in [0.05, 0.1) is 10.6 Å². The Hall–Kier alpha value is -1.76. The van der Waals surface area contributed by atoms with Crippen LogP contribution in [0.25, 0.3) is 0 Å². The van der Waals surface area contributed by atoms with E-state index in [1.54, 1.807) is 18.3 Å². The summed E-state index contributed by atoms with van der Waals surface area (Å²) in [6, 6.07) is 12.4. The molecule has 21 heavy (non-hydrogen) atoms. The Morgan fingerprint density at radius 2 is 1.86 bits per heavy atom. The summed E-state index contributed by atoms with van der Waals surface area (Å²) in [6.45, 7) is 3.99. The molecule has 0 aliphatic heterocycles. The third kappa shape index (κ3) is 4.10. The third-order valence-electron chi connectivity index (χ3n) is 3.32. The number of primary sulfonamides is 1. The minimum atomic E-state index is -3.68. The molecule has 0 radical (unpaired) electrons. The van der Waals surface area contributed by atoms with E-state index in [2.05, 4.69) is 10.3 Å². The number of nitrogens with two attached hydrogens (primary N) is 1. The first-order valence-corrected chi connectivity index (χ1v) is 8.22. The monoisotopic (exact) mass is 305 g/mol. The zero-order valence-corrected chi connectivity index (χ0v) is 12.8. The van der Waals surface area contributed by atoms with Crippen LogP contribution in [0.15, 0.2) is 53.6 Å². The molecular formula is C15H19N3O2S. The van der Waals surface area contributed by atoms with Crippen LogP contribution in [0.2, 0.25) is 0 Å². The predicted molar refractivity (Wildman–Crippen MR) is 82.0 cm³/mol. The van der Waals surface area contributed by atoms with Crippen LogP contribution in [-0.4, -0.2) is 13.4 Å². The fourth-order valence-electron chi connectivity index (χ4n) is 2.15. The summed E-state index contributed by atoms with van der Waals surface area (Å²) in [7, 11) is -3.68. The highest BCUT2D eigenvalue weighted by Gasteiger charge is 2.14. The molecule has 5 nitrogen and oxygen atoms in total. The highest BCUT2D eigenvalue weighted by atomic mass is 32.2. The van der Waals surface area contributed by atoms with Crippen LogP contribution in [0, 0.1) is 0 Å². The molecule has 0 saturated heterocycles. The largest absolute Gasteiger partial charge is 0.302 e. The minimum Gasteiger partial charge on any atom is -0.302 e. The molecule has 2 atom stereocenters. The average molecular weight is 305 g/mol. The zero-order valence-electron chi connectivity index (χ0n) is 12.0. The van der Waals surface area contributed by atoms with Crippen molar-refractivity contribution in [3.63, 3.8) is 0 Å². The molecule has 0 aliphatic rings. The number of aromatic nitrogens is 1. The summed E-state index contributed by atoms with van der Waals surface area (Å²) in [5.41, 5.74) is 1.80. The lowest BCUT2D eigenvalue weighted by atomic mass is 10.1. The van der Waals surface area contributed by atoms with Gasteiger partial charge >= 0.3 is 0 Å². The lowest BCUT2D eigenvalue weighted by Crippen LogP contribution is -2.23. The van der Waals surface area contributed by atoms with E-state index in [1.807, 2.05) is 38.1 Å². The van der Waals surface area contributed by atoms with Crippen LogP contribution in [-0.2, 0) is 10.0 Å². The Morgan fingerprint density at radius 3 is 2.48 bits per heavy atom. The third-order valence-corrected chi connectivity index (χ3v) is 4.23. The van der Waals surface area contributed by atoms with E-state index in [-0.39, 0.29) is 17.0 Å². The van der Waals surface area contributed by atoms with E-state index in [4.69, 9.17) is 5.14 Å². The van der Waals surface area contributed by atoms with Gasteiger partial charge in [0.2, 0.25) is 10.0 Å². The van der Waals surface area contributed by atoms with Crippen molar-refractivity contribution in [3.8, 4) is 0 Å². The number of nitrogens with one attached hydrogen (secondary N) is 1. The fraction of sp³-hybridized carbons (Fsp3) is 0.267. The van der Waals surface area contributed by atoms with Crippen molar-refractivity contribution >= 4 is 10.0 Å². The number of hydrogen-bond donors (Lipinski definition) is 2. The maximum absolute atomic E-state index is 11.4. The normalized spacial score (nSPS) is 14.6. The van der Waals surface area contributed by atoms with Crippen LogP contribution < -0.4 is 10.5 Å². The number of pyridine rings is 1. The molecule has 0 bridgehead atoms. The average Bonchev–Trinajstić information content (AvgIpc) is 2.47. The van der Waals surface area contributed by atoms with E-state index >= 15 is 0 Å². The minimum absolute atomic E-state index is 0.0243. The maximum Gasteiger partial charge on any atom is 0.238 e. The molecule has 1 aromatic heterocycles. The first-order chi connectivity index (χ1) is 9.88. The van der Waals surface area contributed by atoms with Crippen molar-refractivity contribution in [2.24, 2.45) is 5.14 Å². The summed E-state index contributed by atoms with van der Waals surface area (Å²) in [4.78, 5) is 4.43. The second-order valence-electron chi connectivity index (χ2n) is 4.98. The number of benzene rings is 1. The second-order valence-corrected chi connectivity index (χ2v) is 6.54. The lowest BCUT2D eigenvalue weighted by Gasteiger charge is -2.20. The molecule has 0 aliphatic carbocycles. The highest BCUT2D eigenvalue weighted by Crippen LogP contribution is 2.20. The maximum atomic E-state index is 11.4. The van der Waals surface area contributed by atoms with Crippen LogP contribution in [0.1, 0.15) is 37.2 Å². The highest BCUT2D eigenvalue weighted by molar-refractivity contribution is 7.89. The Morgan fingerprint density at radius 1 is 1.10 bits per heavy atom. The molecule has 2 rings (SSSR count). The first kappa shape index (κ1) is 15.6. The predicted octanol–water partition coefficient (Wildman–Crippen LogP) is 2.14. The number of sulfonamides is 1. The van der Waals surface area contributed by atoms with Gasteiger partial charge in [0.15, 0.2) is 0 Å². The van der Waals surface area contributed by atoms with Crippen molar-refractivity contribution in [1.29, 1.82) is 0 Å². The summed E-state index contributed by atoms with van der Waals surface area (Å²) in [5.74, 6) is 0. The number of hydrogen-bond acceptors (Lipinski definition) is 4. The summed E-state index contributed by atoms with van der Waals surface area (Å²) >= 11 is 0. The van der Waals surface area contributed by atoms with Gasteiger partial charge < -0.3 is 5.32 Å². The number of nitrogens with zero attached hydrogens (tertiary/aromatic N) is 1. The summed E-state index contributed by atoms with van der Waals surface area (Å²) < 4.78 is 22.8. The van der Waals surface area contributed by atoms with E-state index in [9.17, 15) is 8.42 Å². The molecule has 3 N–H and O–H groups in total. The van der Waals surface area contributed by atoms with Gasteiger partial charge in [-0.05, 0) is 43.7 Å². The van der Waals surface area contributed by atoms with Crippen LogP contribution in [0.5, 0.6) is 0 Å². The quantitative estimate of drug-likeness (QED) is 0.886.